The van der Waals surface area contributed by atoms with Crippen LogP contribution in [0.4, 0.5) is 0 Å². The molecule has 26 heavy (non-hydrogen) atoms. The quantitative estimate of drug-likeness (QED) is 0.863. The number of amides is 2. The molecule has 3 atom stereocenters. The highest BCUT2D eigenvalue weighted by Gasteiger charge is 2.38. The molecule has 2 amide bonds. The van der Waals surface area contributed by atoms with Gasteiger partial charge in [-0.25, -0.2) is 0 Å². The molecule has 6 heteroatoms. The van der Waals surface area contributed by atoms with Gasteiger partial charge < -0.3 is 20.7 Å². The summed E-state index contributed by atoms with van der Waals surface area (Å²) in [5, 5.41) is 3.14. The molecule has 4 rings (SSSR count). The molecule has 0 spiro atoms. The van der Waals surface area contributed by atoms with E-state index in [-0.39, 0.29) is 11.9 Å². The Kier molecular flexibility index (Phi) is 4.34. The maximum Gasteiger partial charge on any atom is 0.251 e. The molecule has 2 aromatic rings. The van der Waals surface area contributed by atoms with E-state index in [2.05, 4.69) is 10.2 Å². The van der Waals surface area contributed by atoms with E-state index in [4.69, 9.17) is 10.5 Å². The van der Waals surface area contributed by atoms with Crippen LogP contribution in [0.25, 0.3) is 0 Å². The van der Waals surface area contributed by atoms with Crippen LogP contribution in [0.15, 0.2) is 48.5 Å². The molecule has 3 unspecified atom stereocenters. The van der Waals surface area contributed by atoms with Gasteiger partial charge in [0.25, 0.3) is 5.91 Å². The molecule has 2 aliphatic heterocycles. The summed E-state index contributed by atoms with van der Waals surface area (Å²) in [5.74, 6) is 1.15. The van der Waals surface area contributed by atoms with E-state index >= 15 is 0 Å². The van der Waals surface area contributed by atoms with Crippen LogP contribution in [0.5, 0.6) is 11.5 Å². The van der Waals surface area contributed by atoms with E-state index < -0.39 is 5.91 Å². The van der Waals surface area contributed by atoms with Gasteiger partial charge in [0.15, 0.2) is 0 Å². The number of carbonyl (C=O) groups excluding carboxylic acids is 2. The monoisotopic (exact) mass is 351 g/mol. The lowest BCUT2D eigenvalue weighted by Crippen LogP contribution is -2.43. The molecule has 6 nitrogen and oxygen atoms in total. The first-order valence-corrected chi connectivity index (χ1v) is 8.79. The van der Waals surface area contributed by atoms with Gasteiger partial charge >= 0.3 is 0 Å². The van der Waals surface area contributed by atoms with Gasteiger partial charge in [0.1, 0.15) is 11.5 Å². The number of nitrogens with zero attached hydrogens (tertiary/aromatic N) is 1. The molecule has 2 heterocycles. The number of rotatable bonds is 5. The topological polar surface area (TPSA) is 84.7 Å². The summed E-state index contributed by atoms with van der Waals surface area (Å²) in [4.78, 5) is 26.1. The van der Waals surface area contributed by atoms with Crippen LogP contribution in [0.3, 0.4) is 0 Å². The predicted octanol–water partition coefficient (Wildman–Crippen LogP) is 2.01. The predicted molar refractivity (Wildman–Crippen MR) is 97.3 cm³/mol. The third-order valence-electron chi connectivity index (χ3n) is 5.12. The summed E-state index contributed by atoms with van der Waals surface area (Å²) in [7, 11) is 0. The smallest absolute Gasteiger partial charge is 0.251 e. The van der Waals surface area contributed by atoms with Crippen molar-refractivity contribution in [1.29, 1.82) is 0 Å². The van der Waals surface area contributed by atoms with Crippen molar-refractivity contribution in [3.63, 3.8) is 0 Å². The molecule has 2 aliphatic rings. The lowest BCUT2D eigenvalue weighted by Gasteiger charge is -2.23. The molecule has 0 aromatic heterocycles. The van der Waals surface area contributed by atoms with Crippen LogP contribution in [0.1, 0.15) is 27.1 Å². The van der Waals surface area contributed by atoms with E-state index in [1.165, 1.54) is 6.42 Å². The lowest BCUT2D eigenvalue weighted by atomic mass is 9.99. The molecular formula is C20H21N3O3. The van der Waals surface area contributed by atoms with E-state index in [1.807, 2.05) is 0 Å². The van der Waals surface area contributed by atoms with E-state index in [9.17, 15) is 9.59 Å². The van der Waals surface area contributed by atoms with Gasteiger partial charge in [-0.1, -0.05) is 6.07 Å². The number of nitrogens with one attached hydrogen (secondary N) is 1. The minimum atomic E-state index is -0.501. The van der Waals surface area contributed by atoms with Crippen LogP contribution in [0, 0.1) is 5.92 Å². The number of carbonyl (C=O) groups is 2. The number of primary amides is 1. The Balaban J connectivity index is 1.39. The summed E-state index contributed by atoms with van der Waals surface area (Å²) in [6.45, 7) is 3.20. The Morgan fingerprint density at radius 3 is 2.50 bits per heavy atom. The molecule has 0 radical (unpaired) electrons. The second-order valence-corrected chi connectivity index (χ2v) is 6.91. The molecule has 0 aliphatic carbocycles. The number of benzene rings is 2. The van der Waals surface area contributed by atoms with Gasteiger partial charge in [0, 0.05) is 30.3 Å². The van der Waals surface area contributed by atoms with Crippen LogP contribution in [0.2, 0.25) is 0 Å². The van der Waals surface area contributed by atoms with Crippen molar-refractivity contribution >= 4 is 11.8 Å². The zero-order chi connectivity index (χ0) is 18.1. The Morgan fingerprint density at radius 2 is 1.85 bits per heavy atom. The fraction of sp³-hybridized carbons (Fsp3) is 0.300. The number of ether oxygens (including phenoxy) is 1. The van der Waals surface area contributed by atoms with Gasteiger partial charge in [-0.2, -0.15) is 0 Å². The standard InChI is InChI=1S/C20H21N3O3/c21-19(24)14-2-1-3-17(10-14)26-16-6-4-13(5-7-16)20(25)22-18-12-23-9-8-15(18)11-23/h1-7,10,15,18H,8-9,11-12H2,(H2,21,24)(H,22,25). The summed E-state index contributed by atoms with van der Waals surface area (Å²) in [5.41, 5.74) is 6.28. The highest BCUT2D eigenvalue weighted by atomic mass is 16.5. The molecule has 2 saturated heterocycles. The minimum absolute atomic E-state index is 0.0500. The number of piperidine rings is 1. The van der Waals surface area contributed by atoms with Crippen LogP contribution < -0.4 is 15.8 Å². The van der Waals surface area contributed by atoms with Crippen molar-refractivity contribution in [2.45, 2.75) is 12.5 Å². The number of hydrogen-bond donors (Lipinski definition) is 2. The first-order chi connectivity index (χ1) is 12.6. The van der Waals surface area contributed by atoms with Crippen LogP contribution in [-0.2, 0) is 0 Å². The van der Waals surface area contributed by atoms with Crippen molar-refractivity contribution < 1.29 is 14.3 Å². The SMILES string of the molecule is NC(=O)c1cccc(Oc2ccc(C(=O)NC3CN4CCC3C4)cc2)c1. The average molecular weight is 351 g/mol. The number of nitrogens with two attached hydrogens (primary N) is 1. The van der Waals surface area contributed by atoms with Crippen molar-refractivity contribution in [1.82, 2.24) is 10.2 Å². The molecule has 2 aromatic carbocycles. The Morgan fingerprint density at radius 1 is 1.04 bits per heavy atom. The second-order valence-electron chi connectivity index (χ2n) is 6.91. The maximum absolute atomic E-state index is 12.4. The Hall–Kier alpha value is -2.86. The fourth-order valence-electron chi connectivity index (χ4n) is 3.72. The third-order valence-corrected chi connectivity index (χ3v) is 5.12. The normalized spacial score (nSPS) is 23.6. The largest absolute Gasteiger partial charge is 0.457 e. The highest BCUT2D eigenvalue weighted by Crippen LogP contribution is 2.28. The maximum atomic E-state index is 12.4. The summed E-state index contributed by atoms with van der Waals surface area (Å²) in [6.07, 6.45) is 1.17. The third kappa shape index (κ3) is 3.41. The van der Waals surface area contributed by atoms with Crippen molar-refractivity contribution in [2.24, 2.45) is 11.7 Å². The average Bonchev–Trinajstić information content (AvgIpc) is 3.25. The molecule has 134 valence electrons. The van der Waals surface area contributed by atoms with Gasteiger partial charge in [0.05, 0.1) is 0 Å². The Labute approximate surface area is 151 Å². The van der Waals surface area contributed by atoms with Crippen molar-refractivity contribution in [3.8, 4) is 11.5 Å². The zero-order valence-corrected chi connectivity index (χ0v) is 14.4. The summed E-state index contributed by atoms with van der Waals surface area (Å²) >= 11 is 0. The summed E-state index contributed by atoms with van der Waals surface area (Å²) < 4.78 is 5.73. The summed E-state index contributed by atoms with van der Waals surface area (Å²) in [6, 6.07) is 13.9. The van der Waals surface area contributed by atoms with Gasteiger partial charge in [-0.15, -0.1) is 0 Å². The van der Waals surface area contributed by atoms with Crippen molar-refractivity contribution in [3.05, 3.63) is 59.7 Å². The van der Waals surface area contributed by atoms with Gasteiger partial charge in [0.2, 0.25) is 5.91 Å². The first kappa shape index (κ1) is 16.6. The molecule has 0 saturated carbocycles. The molecular weight excluding hydrogens is 330 g/mol. The zero-order valence-electron chi connectivity index (χ0n) is 14.4. The van der Waals surface area contributed by atoms with Crippen LogP contribution >= 0.6 is 0 Å². The molecule has 3 N–H and O–H groups in total. The van der Waals surface area contributed by atoms with E-state index in [0.29, 0.717) is 28.5 Å². The van der Waals surface area contributed by atoms with E-state index in [0.717, 1.165) is 19.6 Å². The Bertz CT molecular complexity index is 834. The number of hydrogen-bond acceptors (Lipinski definition) is 4. The van der Waals surface area contributed by atoms with Gasteiger partial charge in [-0.05, 0) is 61.3 Å². The van der Waals surface area contributed by atoms with Crippen LogP contribution in [-0.4, -0.2) is 42.4 Å². The van der Waals surface area contributed by atoms with E-state index in [1.54, 1.807) is 48.5 Å². The minimum Gasteiger partial charge on any atom is -0.457 e. The highest BCUT2D eigenvalue weighted by molar-refractivity contribution is 5.94. The van der Waals surface area contributed by atoms with Crippen molar-refractivity contribution in [2.75, 3.05) is 19.6 Å². The molecule has 2 fully saturated rings. The second kappa shape index (κ2) is 6.80. The number of fused-ring (bicyclic) bond motifs is 2. The first-order valence-electron chi connectivity index (χ1n) is 8.79. The lowest BCUT2D eigenvalue weighted by molar-refractivity contribution is 0.0923. The molecule has 2 bridgehead atoms. The van der Waals surface area contributed by atoms with Gasteiger partial charge in [-0.3, -0.25) is 9.59 Å². The fourth-order valence-corrected chi connectivity index (χ4v) is 3.72.